The highest BCUT2D eigenvalue weighted by Gasteiger charge is 2.19. The van der Waals surface area contributed by atoms with E-state index in [0.717, 1.165) is 31.5 Å². The molecule has 5 nitrogen and oxygen atoms in total. The Kier molecular flexibility index (Phi) is 8.41. The van der Waals surface area contributed by atoms with Crippen LogP contribution in [0.3, 0.4) is 0 Å². The molecule has 21 heavy (non-hydrogen) atoms. The van der Waals surface area contributed by atoms with Gasteiger partial charge in [-0.05, 0) is 37.3 Å². The molecule has 2 N–H and O–H groups in total. The lowest BCUT2D eigenvalue weighted by Crippen LogP contribution is -2.38. The van der Waals surface area contributed by atoms with Gasteiger partial charge in [0.15, 0.2) is 5.96 Å². The second-order valence-electron chi connectivity index (χ2n) is 5.17. The molecule has 118 valence electrons. The van der Waals surface area contributed by atoms with Crippen molar-refractivity contribution in [1.82, 2.24) is 15.6 Å². The van der Waals surface area contributed by atoms with Crippen LogP contribution < -0.4 is 15.5 Å². The lowest BCUT2D eigenvalue weighted by Gasteiger charge is -2.33. The molecule has 0 radical (unpaired) electrons. The Balaban J connectivity index is 0.00000220. The quantitative estimate of drug-likeness (QED) is 0.460. The van der Waals surface area contributed by atoms with Gasteiger partial charge in [-0.25, -0.2) is 0 Å². The number of guanidine groups is 1. The lowest BCUT2D eigenvalue weighted by atomic mass is 9.93. The van der Waals surface area contributed by atoms with Crippen LogP contribution in [0.25, 0.3) is 0 Å². The maximum Gasteiger partial charge on any atom is 0.190 e. The third kappa shape index (κ3) is 5.68. The normalized spacial score (nSPS) is 16.3. The number of hydrogen-bond donors (Lipinski definition) is 2. The van der Waals surface area contributed by atoms with Crippen LogP contribution in [-0.4, -0.2) is 44.7 Å². The molecule has 1 aromatic rings. The molecule has 2 heterocycles. The van der Waals surface area contributed by atoms with Crippen molar-refractivity contribution in [3.63, 3.8) is 0 Å². The second kappa shape index (κ2) is 9.81. The molecule has 1 fully saturated rings. The number of nitrogens with zero attached hydrogens (tertiary/aromatic N) is 3. The van der Waals surface area contributed by atoms with Crippen LogP contribution in [0.5, 0.6) is 0 Å². The average molecular weight is 403 g/mol. The van der Waals surface area contributed by atoms with Crippen molar-refractivity contribution in [3.8, 4) is 0 Å². The van der Waals surface area contributed by atoms with E-state index in [1.165, 1.54) is 24.9 Å². The van der Waals surface area contributed by atoms with E-state index < -0.39 is 0 Å². The monoisotopic (exact) mass is 403 g/mol. The Morgan fingerprint density at radius 2 is 2.00 bits per heavy atom. The summed E-state index contributed by atoms with van der Waals surface area (Å²) in [6.07, 6.45) is 7.48. The number of aromatic nitrogens is 1. The number of anilines is 1. The van der Waals surface area contributed by atoms with Crippen molar-refractivity contribution in [1.29, 1.82) is 0 Å². The van der Waals surface area contributed by atoms with Crippen LogP contribution in [0.1, 0.15) is 19.3 Å². The van der Waals surface area contributed by atoms with Gasteiger partial charge in [0.1, 0.15) is 0 Å². The van der Waals surface area contributed by atoms with Crippen molar-refractivity contribution in [2.45, 2.75) is 19.3 Å². The highest BCUT2D eigenvalue weighted by atomic mass is 127. The largest absolute Gasteiger partial charge is 0.371 e. The molecular formula is C15H26IN5. The predicted molar refractivity (Wildman–Crippen MR) is 99.6 cm³/mol. The maximum absolute atomic E-state index is 4.12. The van der Waals surface area contributed by atoms with E-state index in [2.05, 4.69) is 37.6 Å². The molecule has 0 saturated carbocycles. The van der Waals surface area contributed by atoms with Gasteiger partial charge in [0.25, 0.3) is 0 Å². The number of aliphatic imine (C=N–C) groups is 1. The first kappa shape index (κ1) is 18.0. The van der Waals surface area contributed by atoms with Gasteiger partial charge in [-0.15, -0.1) is 24.0 Å². The molecule has 0 amide bonds. The summed E-state index contributed by atoms with van der Waals surface area (Å²) in [4.78, 5) is 10.7. The summed E-state index contributed by atoms with van der Waals surface area (Å²) in [5.74, 6) is 1.69. The minimum atomic E-state index is 0. The molecule has 0 aromatic carbocycles. The van der Waals surface area contributed by atoms with Crippen LogP contribution in [0.15, 0.2) is 29.5 Å². The van der Waals surface area contributed by atoms with Crippen LogP contribution >= 0.6 is 24.0 Å². The van der Waals surface area contributed by atoms with Gasteiger partial charge in [-0.1, -0.05) is 0 Å². The van der Waals surface area contributed by atoms with Gasteiger partial charge in [0, 0.05) is 51.8 Å². The highest BCUT2D eigenvalue weighted by Crippen LogP contribution is 2.24. The average Bonchev–Trinajstić information content (AvgIpc) is 2.53. The summed E-state index contributed by atoms with van der Waals surface area (Å²) in [7, 11) is 3.69. The first-order valence-electron chi connectivity index (χ1n) is 7.37. The zero-order valence-electron chi connectivity index (χ0n) is 12.9. The molecule has 1 aliphatic rings. The number of pyridine rings is 1. The van der Waals surface area contributed by atoms with E-state index in [9.17, 15) is 0 Å². The number of piperidine rings is 1. The summed E-state index contributed by atoms with van der Waals surface area (Å²) < 4.78 is 0. The predicted octanol–water partition coefficient (Wildman–Crippen LogP) is 2.10. The highest BCUT2D eigenvalue weighted by molar-refractivity contribution is 14.0. The summed E-state index contributed by atoms with van der Waals surface area (Å²) in [5, 5.41) is 6.37. The van der Waals surface area contributed by atoms with Crippen LogP contribution in [0.2, 0.25) is 0 Å². The van der Waals surface area contributed by atoms with Gasteiger partial charge in [-0.2, -0.15) is 0 Å². The minimum Gasteiger partial charge on any atom is -0.371 e. The van der Waals surface area contributed by atoms with Crippen LogP contribution in [0, 0.1) is 5.92 Å². The topological polar surface area (TPSA) is 52.6 Å². The smallest absolute Gasteiger partial charge is 0.190 e. The fraction of sp³-hybridized carbons (Fsp3) is 0.600. The van der Waals surface area contributed by atoms with Gasteiger partial charge >= 0.3 is 0 Å². The van der Waals surface area contributed by atoms with E-state index in [-0.39, 0.29) is 24.0 Å². The molecule has 0 unspecified atom stereocenters. The number of rotatable bonds is 4. The number of hydrogen-bond acceptors (Lipinski definition) is 3. The maximum atomic E-state index is 4.12. The molecule has 1 aromatic heterocycles. The molecule has 1 saturated heterocycles. The van der Waals surface area contributed by atoms with Gasteiger partial charge in [-0.3, -0.25) is 9.98 Å². The Morgan fingerprint density at radius 3 is 2.57 bits per heavy atom. The zero-order chi connectivity index (χ0) is 14.2. The standard InChI is InChI=1S/C15H25N5.HI/c1-16-15(17-2)19-10-3-13-6-11-20(12-7-13)14-4-8-18-9-5-14;/h4-5,8-9,13H,3,6-7,10-12H2,1-2H3,(H2,16,17,19);1H. The molecule has 0 spiro atoms. The van der Waals surface area contributed by atoms with E-state index >= 15 is 0 Å². The molecule has 0 aliphatic carbocycles. The summed E-state index contributed by atoms with van der Waals surface area (Å²) in [5.41, 5.74) is 1.30. The molecule has 0 bridgehead atoms. The number of nitrogens with one attached hydrogen (secondary N) is 2. The van der Waals surface area contributed by atoms with Gasteiger partial charge in [0.05, 0.1) is 0 Å². The minimum absolute atomic E-state index is 0. The fourth-order valence-electron chi connectivity index (χ4n) is 2.71. The summed E-state index contributed by atoms with van der Waals surface area (Å²) in [6, 6.07) is 4.19. The van der Waals surface area contributed by atoms with Crippen molar-refractivity contribution in [2.75, 3.05) is 38.6 Å². The van der Waals surface area contributed by atoms with Crippen molar-refractivity contribution in [3.05, 3.63) is 24.5 Å². The lowest BCUT2D eigenvalue weighted by molar-refractivity contribution is 0.381. The Bertz CT molecular complexity index is 415. The van der Waals surface area contributed by atoms with Gasteiger partial charge < -0.3 is 15.5 Å². The van der Waals surface area contributed by atoms with Gasteiger partial charge in [0.2, 0.25) is 0 Å². The van der Waals surface area contributed by atoms with E-state index in [1.807, 2.05) is 19.4 Å². The second-order valence-corrected chi connectivity index (χ2v) is 5.17. The Morgan fingerprint density at radius 1 is 1.33 bits per heavy atom. The number of halogens is 1. The van der Waals surface area contributed by atoms with Crippen molar-refractivity contribution in [2.24, 2.45) is 10.9 Å². The van der Waals surface area contributed by atoms with Crippen molar-refractivity contribution >= 4 is 35.6 Å². The Hall–Kier alpha value is -1.05. The SMILES string of the molecule is CN=C(NC)NCCC1CCN(c2ccncc2)CC1.I. The Labute approximate surface area is 144 Å². The van der Waals surface area contributed by atoms with Crippen LogP contribution in [-0.2, 0) is 0 Å². The van der Waals surface area contributed by atoms with Crippen LogP contribution in [0.4, 0.5) is 5.69 Å². The third-order valence-corrected chi connectivity index (χ3v) is 3.95. The summed E-state index contributed by atoms with van der Waals surface area (Å²) >= 11 is 0. The summed E-state index contributed by atoms with van der Waals surface area (Å²) in [6.45, 7) is 3.29. The molecule has 1 aliphatic heterocycles. The molecule has 2 rings (SSSR count). The molecule has 6 heteroatoms. The fourth-order valence-corrected chi connectivity index (χ4v) is 2.71. The molecule has 0 atom stereocenters. The zero-order valence-corrected chi connectivity index (χ0v) is 15.2. The third-order valence-electron chi connectivity index (χ3n) is 3.95. The first-order chi connectivity index (χ1) is 9.83. The van der Waals surface area contributed by atoms with E-state index in [4.69, 9.17) is 0 Å². The first-order valence-corrected chi connectivity index (χ1v) is 7.37. The van der Waals surface area contributed by atoms with E-state index in [0.29, 0.717) is 0 Å². The van der Waals surface area contributed by atoms with E-state index in [1.54, 1.807) is 7.05 Å². The molecular weight excluding hydrogens is 377 g/mol. The van der Waals surface area contributed by atoms with Crippen molar-refractivity contribution < 1.29 is 0 Å².